The van der Waals surface area contributed by atoms with Crippen molar-refractivity contribution in [3.05, 3.63) is 0 Å². The van der Waals surface area contributed by atoms with Gasteiger partial charge in [-0.15, -0.1) is 0 Å². The first kappa shape index (κ1) is 7.30. The van der Waals surface area contributed by atoms with Crippen LogP contribution < -0.4 is 0 Å². The Balaban J connectivity index is 2.01. The predicted molar refractivity (Wildman–Crippen MR) is 41.7 cm³/mol. The SMILES string of the molecule is C[C@@H]1C2O[C@H]3[C@H](O)[C@H](O[C@H]31)[C@H]2C. The van der Waals surface area contributed by atoms with Crippen molar-refractivity contribution < 1.29 is 14.6 Å². The topological polar surface area (TPSA) is 38.7 Å². The van der Waals surface area contributed by atoms with Gasteiger partial charge in [0, 0.05) is 11.8 Å². The van der Waals surface area contributed by atoms with Crippen LogP contribution in [0.15, 0.2) is 0 Å². The van der Waals surface area contributed by atoms with Crippen molar-refractivity contribution in [1.29, 1.82) is 0 Å². The fraction of sp³-hybridized carbons (Fsp3) is 1.00. The van der Waals surface area contributed by atoms with Crippen LogP contribution in [0.3, 0.4) is 0 Å². The van der Waals surface area contributed by atoms with E-state index in [9.17, 15) is 5.11 Å². The minimum absolute atomic E-state index is 0.0359. The molecule has 12 heavy (non-hydrogen) atoms. The smallest absolute Gasteiger partial charge is 0.113 e. The molecule has 4 fully saturated rings. The molecule has 4 heterocycles. The van der Waals surface area contributed by atoms with E-state index in [0.29, 0.717) is 17.9 Å². The van der Waals surface area contributed by atoms with Gasteiger partial charge in [0.05, 0.1) is 18.3 Å². The van der Waals surface area contributed by atoms with Crippen molar-refractivity contribution >= 4 is 0 Å². The molecule has 0 spiro atoms. The van der Waals surface area contributed by atoms with E-state index in [2.05, 4.69) is 13.8 Å². The van der Waals surface area contributed by atoms with Crippen molar-refractivity contribution in [2.24, 2.45) is 11.8 Å². The monoisotopic (exact) mass is 170 g/mol. The molecule has 3 heteroatoms. The van der Waals surface area contributed by atoms with Gasteiger partial charge < -0.3 is 14.6 Å². The van der Waals surface area contributed by atoms with Crippen LogP contribution in [0.5, 0.6) is 0 Å². The molecule has 4 aliphatic rings. The van der Waals surface area contributed by atoms with E-state index in [4.69, 9.17) is 9.47 Å². The summed E-state index contributed by atoms with van der Waals surface area (Å²) in [4.78, 5) is 0. The van der Waals surface area contributed by atoms with Gasteiger partial charge in [-0.1, -0.05) is 13.8 Å². The van der Waals surface area contributed by atoms with Crippen molar-refractivity contribution in [2.75, 3.05) is 0 Å². The van der Waals surface area contributed by atoms with E-state index in [0.717, 1.165) is 0 Å². The molecule has 4 saturated heterocycles. The van der Waals surface area contributed by atoms with Crippen LogP contribution in [-0.4, -0.2) is 35.6 Å². The molecular weight excluding hydrogens is 156 g/mol. The Labute approximate surface area is 71.7 Å². The summed E-state index contributed by atoms with van der Waals surface area (Å²) in [6.45, 7) is 4.26. The highest BCUT2D eigenvalue weighted by Gasteiger charge is 2.63. The summed E-state index contributed by atoms with van der Waals surface area (Å²) >= 11 is 0. The third-order valence-corrected chi connectivity index (χ3v) is 3.70. The molecule has 7 atom stereocenters. The zero-order valence-electron chi connectivity index (χ0n) is 7.31. The normalized spacial score (nSPS) is 67.8. The van der Waals surface area contributed by atoms with Gasteiger partial charge in [0.15, 0.2) is 0 Å². The summed E-state index contributed by atoms with van der Waals surface area (Å²) in [5.41, 5.74) is 0. The van der Waals surface area contributed by atoms with Crippen LogP contribution in [0.4, 0.5) is 0 Å². The van der Waals surface area contributed by atoms with Crippen LogP contribution in [0.25, 0.3) is 0 Å². The standard InChI is InChI=1S/C9H14O3/c1-3-6-4(2)8-9(11-6)5(10)7(3)12-8/h3-10H,1-2H3/t3-,4+,5+,6?,7+,8-,9-/m0/s1. The Kier molecular flexibility index (Phi) is 1.23. The van der Waals surface area contributed by atoms with E-state index < -0.39 is 0 Å². The lowest BCUT2D eigenvalue weighted by Crippen LogP contribution is -2.47. The van der Waals surface area contributed by atoms with Gasteiger partial charge in [0.25, 0.3) is 0 Å². The van der Waals surface area contributed by atoms with Gasteiger partial charge in [-0.05, 0) is 0 Å². The molecule has 68 valence electrons. The highest BCUT2D eigenvalue weighted by Crippen LogP contribution is 2.49. The van der Waals surface area contributed by atoms with E-state index in [-0.39, 0.29) is 24.4 Å². The van der Waals surface area contributed by atoms with Gasteiger partial charge in [0.1, 0.15) is 12.2 Å². The molecule has 3 nitrogen and oxygen atoms in total. The summed E-state index contributed by atoms with van der Waals surface area (Å²) < 4.78 is 11.4. The summed E-state index contributed by atoms with van der Waals surface area (Å²) in [7, 11) is 0. The van der Waals surface area contributed by atoms with Gasteiger partial charge in [-0.2, -0.15) is 0 Å². The van der Waals surface area contributed by atoms with Gasteiger partial charge >= 0.3 is 0 Å². The van der Waals surface area contributed by atoms with Crippen molar-refractivity contribution in [2.45, 2.75) is 44.4 Å². The second-order valence-electron chi connectivity index (χ2n) is 4.34. The molecule has 0 aromatic rings. The van der Waals surface area contributed by atoms with Crippen LogP contribution in [0, 0.1) is 11.8 Å². The molecule has 0 aliphatic carbocycles. The van der Waals surface area contributed by atoms with E-state index in [1.165, 1.54) is 0 Å². The maximum absolute atomic E-state index is 9.74. The second-order valence-corrected chi connectivity index (χ2v) is 4.34. The van der Waals surface area contributed by atoms with Crippen LogP contribution in [-0.2, 0) is 9.47 Å². The van der Waals surface area contributed by atoms with Crippen LogP contribution in [0.1, 0.15) is 13.8 Å². The quantitative estimate of drug-likeness (QED) is 0.563. The number of aliphatic hydroxyl groups is 1. The Hall–Kier alpha value is -0.120. The fourth-order valence-corrected chi connectivity index (χ4v) is 3.02. The first-order valence-corrected chi connectivity index (χ1v) is 4.69. The molecule has 1 unspecified atom stereocenters. The van der Waals surface area contributed by atoms with E-state index in [1.807, 2.05) is 0 Å². The number of ether oxygens (including phenoxy) is 2. The zero-order chi connectivity index (χ0) is 8.46. The summed E-state index contributed by atoms with van der Waals surface area (Å²) in [5.74, 6) is 0.809. The fourth-order valence-electron chi connectivity index (χ4n) is 3.02. The molecule has 0 radical (unpaired) electrons. The summed E-state index contributed by atoms with van der Waals surface area (Å²) in [6, 6.07) is 0. The number of rotatable bonds is 0. The van der Waals surface area contributed by atoms with Gasteiger partial charge in [0.2, 0.25) is 0 Å². The molecular formula is C9H14O3. The third kappa shape index (κ3) is 0.605. The maximum Gasteiger partial charge on any atom is 0.113 e. The van der Waals surface area contributed by atoms with Crippen LogP contribution in [0.2, 0.25) is 0 Å². The largest absolute Gasteiger partial charge is 0.388 e. The Bertz CT molecular complexity index is 188. The lowest BCUT2D eigenvalue weighted by molar-refractivity contribution is -0.149. The molecule has 0 aromatic heterocycles. The second kappa shape index (κ2) is 2.03. The zero-order valence-corrected chi connectivity index (χ0v) is 7.31. The number of hydrogen-bond acceptors (Lipinski definition) is 3. The molecule has 0 amide bonds. The van der Waals surface area contributed by atoms with Gasteiger partial charge in [-0.3, -0.25) is 0 Å². The molecule has 0 aromatic carbocycles. The number of aliphatic hydroxyl groups excluding tert-OH is 1. The minimum Gasteiger partial charge on any atom is -0.388 e. The molecule has 0 saturated carbocycles. The molecule has 4 rings (SSSR count). The highest BCUT2D eigenvalue weighted by atomic mass is 16.6. The Morgan fingerprint density at radius 3 is 2.08 bits per heavy atom. The first-order valence-electron chi connectivity index (χ1n) is 4.69. The van der Waals surface area contributed by atoms with Crippen LogP contribution >= 0.6 is 0 Å². The Morgan fingerprint density at radius 2 is 1.42 bits per heavy atom. The third-order valence-electron chi connectivity index (χ3n) is 3.70. The van der Waals surface area contributed by atoms with Crippen molar-refractivity contribution in [1.82, 2.24) is 0 Å². The van der Waals surface area contributed by atoms with Crippen molar-refractivity contribution in [3.8, 4) is 0 Å². The molecule has 1 N–H and O–H groups in total. The number of hydrogen-bond donors (Lipinski definition) is 1. The van der Waals surface area contributed by atoms with E-state index >= 15 is 0 Å². The summed E-state index contributed by atoms with van der Waals surface area (Å²) in [5, 5.41) is 9.74. The van der Waals surface area contributed by atoms with Crippen molar-refractivity contribution in [3.63, 3.8) is 0 Å². The first-order chi connectivity index (χ1) is 5.70. The Morgan fingerprint density at radius 1 is 0.833 bits per heavy atom. The summed E-state index contributed by atoms with van der Waals surface area (Å²) in [6.07, 6.45) is 0.0979. The minimum atomic E-state index is -0.383. The predicted octanol–water partition coefficient (Wildman–Crippen LogP) is 0.168. The lowest BCUT2D eigenvalue weighted by atomic mass is 9.87. The average molecular weight is 170 g/mol. The van der Waals surface area contributed by atoms with Gasteiger partial charge in [-0.25, -0.2) is 0 Å². The molecule has 4 bridgehead atoms. The lowest BCUT2D eigenvalue weighted by Gasteiger charge is -2.37. The maximum atomic E-state index is 9.74. The highest BCUT2D eigenvalue weighted by molar-refractivity contribution is 5.09. The average Bonchev–Trinajstić information content (AvgIpc) is 2.43. The molecule has 4 aliphatic heterocycles. The van der Waals surface area contributed by atoms with E-state index in [1.54, 1.807) is 0 Å².